The van der Waals surface area contributed by atoms with E-state index in [4.69, 9.17) is 21.6 Å². The molecule has 0 saturated heterocycles. The number of hydrogen-bond acceptors (Lipinski definition) is 3. The third-order valence-corrected chi connectivity index (χ3v) is 5.04. The zero-order chi connectivity index (χ0) is 19.1. The lowest BCUT2D eigenvalue weighted by molar-refractivity contribution is 0.102. The van der Waals surface area contributed by atoms with E-state index in [1.165, 1.54) is 0 Å². The number of carbonyl (C=O) groups is 1. The second-order valence-electron chi connectivity index (χ2n) is 6.52. The molecule has 134 valence electrons. The molecule has 1 amide bonds. The van der Waals surface area contributed by atoms with Crippen molar-refractivity contribution < 1.29 is 4.79 Å². The van der Waals surface area contributed by atoms with Gasteiger partial charge in [-0.1, -0.05) is 54.1 Å². The molecule has 0 radical (unpaired) electrons. The Labute approximate surface area is 165 Å². The molecule has 0 atom stereocenters. The van der Waals surface area contributed by atoms with Gasteiger partial charge in [-0.2, -0.15) is 0 Å². The standard InChI is InChI=1S/C23H14ClN3O/c24-17-7-3-4-8-18(17)27-23(28)15-10-11-19-21(13-15)26-22-16-6-2-1-5-14(16)9-12-20(22)25-19/h1-13H,(H,27,28). The number of aromatic nitrogens is 2. The fourth-order valence-corrected chi connectivity index (χ4v) is 3.49. The molecule has 0 fully saturated rings. The summed E-state index contributed by atoms with van der Waals surface area (Å²) in [4.78, 5) is 22.2. The second-order valence-corrected chi connectivity index (χ2v) is 6.92. The van der Waals surface area contributed by atoms with Gasteiger partial charge in [0, 0.05) is 10.9 Å². The van der Waals surface area contributed by atoms with E-state index in [2.05, 4.69) is 5.32 Å². The first-order chi connectivity index (χ1) is 13.7. The van der Waals surface area contributed by atoms with Crippen molar-refractivity contribution in [3.05, 3.63) is 89.4 Å². The highest BCUT2D eigenvalue weighted by molar-refractivity contribution is 6.33. The predicted molar refractivity (Wildman–Crippen MR) is 114 cm³/mol. The Kier molecular flexibility index (Phi) is 3.92. The summed E-state index contributed by atoms with van der Waals surface area (Å²) in [7, 11) is 0. The van der Waals surface area contributed by atoms with E-state index in [-0.39, 0.29) is 5.91 Å². The molecule has 28 heavy (non-hydrogen) atoms. The normalized spacial score (nSPS) is 11.2. The van der Waals surface area contributed by atoms with Crippen molar-refractivity contribution in [1.82, 2.24) is 9.97 Å². The highest BCUT2D eigenvalue weighted by Gasteiger charge is 2.11. The molecule has 0 spiro atoms. The van der Waals surface area contributed by atoms with E-state index in [1.807, 2.05) is 54.6 Å². The van der Waals surface area contributed by atoms with Crippen LogP contribution in [-0.4, -0.2) is 15.9 Å². The van der Waals surface area contributed by atoms with E-state index in [0.29, 0.717) is 21.8 Å². The van der Waals surface area contributed by atoms with E-state index in [9.17, 15) is 4.79 Å². The molecule has 0 saturated carbocycles. The maximum Gasteiger partial charge on any atom is 0.255 e. The Balaban J connectivity index is 1.61. The average molecular weight is 384 g/mol. The number of benzene rings is 4. The van der Waals surface area contributed by atoms with Gasteiger partial charge < -0.3 is 5.32 Å². The molecule has 0 aliphatic carbocycles. The fourth-order valence-electron chi connectivity index (χ4n) is 3.31. The molecule has 4 aromatic carbocycles. The number of para-hydroxylation sites is 1. The van der Waals surface area contributed by atoms with Crippen molar-refractivity contribution in [3.63, 3.8) is 0 Å². The summed E-state index contributed by atoms with van der Waals surface area (Å²) in [6, 6.07) is 24.6. The summed E-state index contributed by atoms with van der Waals surface area (Å²) in [6.45, 7) is 0. The Hall–Kier alpha value is -3.50. The van der Waals surface area contributed by atoms with E-state index in [1.54, 1.807) is 24.3 Å². The Morgan fingerprint density at radius 2 is 1.57 bits per heavy atom. The van der Waals surface area contributed by atoms with Crippen LogP contribution in [-0.2, 0) is 0 Å². The number of amides is 1. The molecular formula is C23H14ClN3O. The van der Waals surface area contributed by atoms with Crippen LogP contribution in [0.2, 0.25) is 5.02 Å². The molecule has 0 aliphatic heterocycles. The van der Waals surface area contributed by atoms with Gasteiger partial charge in [0.2, 0.25) is 0 Å². The molecule has 1 heterocycles. The SMILES string of the molecule is O=C(Nc1ccccc1Cl)c1ccc2nc3ccc4ccccc4c3nc2c1. The second kappa shape index (κ2) is 6.59. The Morgan fingerprint density at radius 3 is 2.46 bits per heavy atom. The van der Waals surface area contributed by atoms with Gasteiger partial charge in [0.05, 0.1) is 32.8 Å². The summed E-state index contributed by atoms with van der Waals surface area (Å²) in [5.41, 5.74) is 4.16. The minimum absolute atomic E-state index is 0.241. The smallest absolute Gasteiger partial charge is 0.255 e. The summed E-state index contributed by atoms with van der Waals surface area (Å²) in [6.07, 6.45) is 0. The van der Waals surface area contributed by atoms with Gasteiger partial charge in [-0.15, -0.1) is 0 Å². The van der Waals surface area contributed by atoms with Gasteiger partial charge in [0.25, 0.3) is 5.91 Å². The van der Waals surface area contributed by atoms with Gasteiger partial charge in [-0.25, -0.2) is 9.97 Å². The Bertz CT molecular complexity index is 1380. The molecule has 5 aromatic rings. The minimum Gasteiger partial charge on any atom is -0.321 e. The van der Waals surface area contributed by atoms with Gasteiger partial charge in [0.1, 0.15) is 0 Å². The molecule has 0 unspecified atom stereocenters. The predicted octanol–water partition coefficient (Wildman–Crippen LogP) is 5.84. The van der Waals surface area contributed by atoms with Crippen molar-refractivity contribution in [1.29, 1.82) is 0 Å². The first-order valence-electron chi connectivity index (χ1n) is 8.84. The number of carbonyl (C=O) groups excluding carboxylic acids is 1. The number of nitrogens with one attached hydrogen (secondary N) is 1. The largest absolute Gasteiger partial charge is 0.321 e. The maximum atomic E-state index is 12.7. The molecule has 4 nitrogen and oxygen atoms in total. The lowest BCUT2D eigenvalue weighted by atomic mass is 10.1. The summed E-state index contributed by atoms with van der Waals surface area (Å²) >= 11 is 6.13. The number of nitrogens with zero attached hydrogens (tertiary/aromatic N) is 2. The van der Waals surface area contributed by atoms with Crippen LogP contribution in [0.25, 0.3) is 32.8 Å². The number of fused-ring (bicyclic) bond motifs is 4. The summed E-state index contributed by atoms with van der Waals surface area (Å²) in [5, 5.41) is 5.48. The monoisotopic (exact) mass is 383 g/mol. The van der Waals surface area contributed by atoms with Crippen LogP contribution in [0.5, 0.6) is 0 Å². The van der Waals surface area contributed by atoms with Crippen LogP contribution in [0.15, 0.2) is 78.9 Å². The van der Waals surface area contributed by atoms with Crippen molar-refractivity contribution in [2.45, 2.75) is 0 Å². The van der Waals surface area contributed by atoms with Gasteiger partial charge in [-0.3, -0.25) is 4.79 Å². The van der Waals surface area contributed by atoms with Crippen LogP contribution >= 0.6 is 11.6 Å². The van der Waals surface area contributed by atoms with E-state index in [0.717, 1.165) is 27.3 Å². The van der Waals surface area contributed by atoms with Crippen molar-refractivity contribution >= 4 is 56.0 Å². The number of rotatable bonds is 2. The Morgan fingerprint density at radius 1 is 0.786 bits per heavy atom. The topological polar surface area (TPSA) is 54.9 Å². The van der Waals surface area contributed by atoms with Crippen LogP contribution in [0.1, 0.15) is 10.4 Å². The number of anilines is 1. The highest BCUT2D eigenvalue weighted by Crippen LogP contribution is 2.26. The average Bonchev–Trinajstić information content (AvgIpc) is 2.73. The minimum atomic E-state index is -0.241. The lowest BCUT2D eigenvalue weighted by Crippen LogP contribution is -2.12. The van der Waals surface area contributed by atoms with Crippen LogP contribution in [0, 0.1) is 0 Å². The van der Waals surface area contributed by atoms with E-state index >= 15 is 0 Å². The third-order valence-electron chi connectivity index (χ3n) is 4.71. The molecule has 1 N–H and O–H groups in total. The number of hydrogen-bond donors (Lipinski definition) is 1. The maximum absolute atomic E-state index is 12.7. The molecule has 5 rings (SSSR count). The van der Waals surface area contributed by atoms with Crippen LogP contribution in [0.3, 0.4) is 0 Å². The summed E-state index contributed by atoms with van der Waals surface area (Å²) < 4.78 is 0. The molecule has 1 aromatic heterocycles. The van der Waals surface area contributed by atoms with Gasteiger partial charge >= 0.3 is 0 Å². The molecule has 5 heteroatoms. The molecular weight excluding hydrogens is 370 g/mol. The first-order valence-corrected chi connectivity index (χ1v) is 9.22. The third kappa shape index (κ3) is 2.84. The van der Waals surface area contributed by atoms with E-state index < -0.39 is 0 Å². The molecule has 0 aliphatic rings. The first kappa shape index (κ1) is 16.7. The zero-order valence-electron chi connectivity index (χ0n) is 14.7. The van der Waals surface area contributed by atoms with Crippen molar-refractivity contribution in [3.8, 4) is 0 Å². The van der Waals surface area contributed by atoms with Gasteiger partial charge in [0.15, 0.2) is 0 Å². The lowest BCUT2D eigenvalue weighted by Gasteiger charge is -2.08. The van der Waals surface area contributed by atoms with Crippen molar-refractivity contribution in [2.75, 3.05) is 5.32 Å². The van der Waals surface area contributed by atoms with Crippen LogP contribution in [0.4, 0.5) is 5.69 Å². The van der Waals surface area contributed by atoms with Crippen LogP contribution < -0.4 is 5.32 Å². The fraction of sp³-hybridized carbons (Fsp3) is 0. The highest BCUT2D eigenvalue weighted by atomic mass is 35.5. The zero-order valence-corrected chi connectivity index (χ0v) is 15.4. The summed E-state index contributed by atoms with van der Waals surface area (Å²) in [5.74, 6) is -0.241. The number of halogens is 1. The van der Waals surface area contributed by atoms with Gasteiger partial charge in [-0.05, 0) is 41.8 Å². The van der Waals surface area contributed by atoms with Crippen molar-refractivity contribution in [2.24, 2.45) is 0 Å². The molecule has 0 bridgehead atoms. The quantitative estimate of drug-likeness (QED) is 0.307.